The van der Waals surface area contributed by atoms with Crippen molar-refractivity contribution < 1.29 is 5.11 Å². The smallest absolute Gasteiger partial charge is 0.120 e. The van der Waals surface area contributed by atoms with E-state index in [2.05, 4.69) is 31.2 Å². The number of nitrogens with one attached hydrogen (secondary N) is 2. The summed E-state index contributed by atoms with van der Waals surface area (Å²) in [5.74, 6) is 0.869. The van der Waals surface area contributed by atoms with Gasteiger partial charge in [-0.15, -0.1) is 0 Å². The van der Waals surface area contributed by atoms with Crippen molar-refractivity contribution >= 4 is 15.9 Å². The van der Waals surface area contributed by atoms with E-state index in [1.807, 2.05) is 30.5 Å². The molecule has 0 amide bonds. The number of hydrogen-bond donors (Lipinski definition) is 3. The number of aliphatic hydroxyl groups excluding tert-OH is 1. The fourth-order valence-electron chi connectivity index (χ4n) is 1.54. The molecule has 1 aromatic carbocycles. The van der Waals surface area contributed by atoms with E-state index < -0.39 is 0 Å². The number of hydrogen-bond acceptors (Lipinski definition) is 3. The van der Waals surface area contributed by atoms with Crippen molar-refractivity contribution in [2.75, 3.05) is 13.2 Å². The molecule has 0 bridgehead atoms. The average molecular weight is 296 g/mol. The van der Waals surface area contributed by atoms with Gasteiger partial charge in [-0.1, -0.05) is 28.1 Å². The summed E-state index contributed by atoms with van der Waals surface area (Å²) >= 11 is 3.44. The van der Waals surface area contributed by atoms with Crippen LogP contribution >= 0.6 is 15.9 Å². The van der Waals surface area contributed by atoms with Gasteiger partial charge in [-0.2, -0.15) is 0 Å². The third-order valence-electron chi connectivity index (χ3n) is 2.35. The Hall–Kier alpha value is -1.17. The maximum atomic E-state index is 8.66. The van der Waals surface area contributed by atoms with Crippen molar-refractivity contribution in [2.24, 2.45) is 0 Å². The summed E-state index contributed by atoms with van der Waals surface area (Å²) in [6.07, 6.45) is 1.82. The van der Waals surface area contributed by atoms with Crippen LogP contribution in [0.15, 0.2) is 34.9 Å². The minimum absolute atomic E-state index is 0.138. The topological polar surface area (TPSA) is 60.9 Å². The summed E-state index contributed by atoms with van der Waals surface area (Å²) in [5, 5.41) is 11.7. The number of halogens is 1. The van der Waals surface area contributed by atoms with Gasteiger partial charge in [0.1, 0.15) is 5.82 Å². The van der Waals surface area contributed by atoms with E-state index in [4.69, 9.17) is 5.11 Å². The molecule has 2 aromatic rings. The molecule has 2 rings (SSSR count). The van der Waals surface area contributed by atoms with Crippen LogP contribution in [0.3, 0.4) is 0 Å². The van der Waals surface area contributed by atoms with Crippen LogP contribution in [-0.4, -0.2) is 28.2 Å². The van der Waals surface area contributed by atoms with Crippen molar-refractivity contribution in [3.63, 3.8) is 0 Å². The van der Waals surface area contributed by atoms with Crippen LogP contribution in [0.2, 0.25) is 0 Å². The predicted octanol–water partition coefficient (Wildman–Crippen LogP) is 1.92. The lowest BCUT2D eigenvalue weighted by Crippen LogP contribution is -2.18. The van der Waals surface area contributed by atoms with Gasteiger partial charge in [-0.05, 0) is 12.1 Å². The Morgan fingerprint density at radius 3 is 3.06 bits per heavy atom. The first-order valence-corrected chi connectivity index (χ1v) is 6.20. The molecule has 17 heavy (non-hydrogen) atoms. The molecular formula is C12H14BrN3O. The van der Waals surface area contributed by atoms with E-state index >= 15 is 0 Å². The van der Waals surface area contributed by atoms with Crippen molar-refractivity contribution in [3.05, 3.63) is 40.8 Å². The fourth-order valence-corrected chi connectivity index (χ4v) is 1.94. The van der Waals surface area contributed by atoms with Crippen molar-refractivity contribution in [1.82, 2.24) is 15.3 Å². The summed E-state index contributed by atoms with van der Waals surface area (Å²) < 4.78 is 1.05. The van der Waals surface area contributed by atoms with Crippen LogP contribution in [0.4, 0.5) is 0 Å². The normalized spacial score (nSPS) is 10.7. The first-order chi connectivity index (χ1) is 8.29. The molecule has 0 unspecified atom stereocenters. The first kappa shape index (κ1) is 12.3. The Labute approximate surface area is 108 Å². The molecule has 1 heterocycles. The molecule has 5 heteroatoms. The number of aliphatic hydroxyl groups is 1. The fraction of sp³-hybridized carbons (Fsp3) is 0.250. The molecular weight excluding hydrogens is 282 g/mol. The number of H-pyrrole nitrogens is 1. The van der Waals surface area contributed by atoms with Crippen LogP contribution in [0.25, 0.3) is 11.3 Å². The molecule has 0 aliphatic heterocycles. The van der Waals surface area contributed by atoms with Gasteiger partial charge >= 0.3 is 0 Å². The second-order valence-corrected chi connectivity index (χ2v) is 4.57. The molecule has 0 atom stereocenters. The van der Waals surface area contributed by atoms with Gasteiger partial charge in [-0.3, -0.25) is 0 Å². The van der Waals surface area contributed by atoms with Crippen molar-refractivity contribution in [2.45, 2.75) is 6.54 Å². The Balaban J connectivity index is 2.07. The van der Waals surface area contributed by atoms with E-state index in [-0.39, 0.29) is 6.61 Å². The summed E-state index contributed by atoms with van der Waals surface area (Å²) in [4.78, 5) is 7.52. The zero-order chi connectivity index (χ0) is 12.1. The lowest BCUT2D eigenvalue weighted by atomic mass is 10.2. The van der Waals surface area contributed by atoms with Crippen LogP contribution in [0, 0.1) is 0 Å². The van der Waals surface area contributed by atoms with Gasteiger partial charge < -0.3 is 15.4 Å². The highest BCUT2D eigenvalue weighted by atomic mass is 79.9. The average Bonchev–Trinajstić information content (AvgIpc) is 2.78. The van der Waals surface area contributed by atoms with Crippen molar-refractivity contribution in [1.29, 1.82) is 0 Å². The SMILES string of the molecule is OCCNCc1ncc(-c2cccc(Br)c2)[nH]1. The first-order valence-electron chi connectivity index (χ1n) is 5.41. The number of imidazole rings is 1. The second-order valence-electron chi connectivity index (χ2n) is 3.65. The Morgan fingerprint density at radius 1 is 1.41 bits per heavy atom. The van der Waals surface area contributed by atoms with Gasteiger partial charge in [0.15, 0.2) is 0 Å². The van der Waals surface area contributed by atoms with Gasteiger partial charge in [-0.25, -0.2) is 4.98 Å². The number of aromatic nitrogens is 2. The summed E-state index contributed by atoms with van der Waals surface area (Å²) in [6, 6.07) is 8.05. The molecule has 0 fully saturated rings. The minimum atomic E-state index is 0.138. The number of benzene rings is 1. The zero-order valence-corrected chi connectivity index (χ0v) is 10.9. The highest BCUT2D eigenvalue weighted by molar-refractivity contribution is 9.10. The molecule has 4 nitrogen and oxygen atoms in total. The second kappa shape index (κ2) is 5.95. The zero-order valence-electron chi connectivity index (χ0n) is 9.28. The minimum Gasteiger partial charge on any atom is -0.395 e. The number of aromatic amines is 1. The van der Waals surface area contributed by atoms with Gasteiger partial charge in [0.2, 0.25) is 0 Å². The molecule has 90 valence electrons. The molecule has 0 aliphatic carbocycles. The van der Waals surface area contributed by atoms with Crippen LogP contribution in [0.1, 0.15) is 5.82 Å². The van der Waals surface area contributed by atoms with Gasteiger partial charge in [0, 0.05) is 16.6 Å². The van der Waals surface area contributed by atoms with E-state index in [1.54, 1.807) is 0 Å². The highest BCUT2D eigenvalue weighted by Gasteiger charge is 2.03. The molecule has 0 aliphatic rings. The number of nitrogens with zero attached hydrogens (tertiary/aromatic N) is 1. The molecule has 1 aromatic heterocycles. The van der Waals surface area contributed by atoms with E-state index in [0.717, 1.165) is 21.6 Å². The van der Waals surface area contributed by atoms with Gasteiger partial charge in [0.05, 0.1) is 25.0 Å². The molecule has 0 saturated heterocycles. The standard InChI is InChI=1S/C12H14BrN3O/c13-10-3-1-2-9(6-10)11-7-15-12(16-11)8-14-4-5-17/h1-3,6-7,14,17H,4-5,8H2,(H,15,16). The Bertz CT molecular complexity index is 484. The summed E-state index contributed by atoms with van der Waals surface area (Å²) in [5.41, 5.74) is 2.09. The Kier molecular flexibility index (Phi) is 4.30. The van der Waals surface area contributed by atoms with Gasteiger partial charge in [0.25, 0.3) is 0 Å². The van der Waals surface area contributed by atoms with Crippen LogP contribution < -0.4 is 5.32 Å². The molecule has 3 N–H and O–H groups in total. The number of rotatable bonds is 5. The summed E-state index contributed by atoms with van der Waals surface area (Å²) in [6.45, 7) is 1.35. The Morgan fingerprint density at radius 2 is 2.29 bits per heavy atom. The largest absolute Gasteiger partial charge is 0.395 e. The third-order valence-corrected chi connectivity index (χ3v) is 2.84. The molecule has 0 saturated carbocycles. The van der Waals surface area contributed by atoms with E-state index in [1.165, 1.54) is 0 Å². The highest BCUT2D eigenvalue weighted by Crippen LogP contribution is 2.21. The maximum Gasteiger partial charge on any atom is 0.120 e. The van der Waals surface area contributed by atoms with E-state index in [0.29, 0.717) is 13.1 Å². The monoisotopic (exact) mass is 295 g/mol. The maximum absolute atomic E-state index is 8.66. The lowest BCUT2D eigenvalue weighted by molar-refractivity contribution is 0.291. The van der Waals surface area contributed by atoms with Crippen LogP contribution in [-0.2, 0) is 6.54 Å². The van der Waals surface area contributed by atoms with Crippen molar-refractivity contribution in [3.8, 4) is 11.3 Å². The summed E-state index contributed by atoms with van der Waals surface area (Å²) in [7, 11) is 0. The lowest BCUT2D eigenvalue weighted by Gasteiger charge is -1.99. The molecule has 0 spiro atoms. The third kappa shape index (κ3) is 3.39. The van der Waals surface area contributed by atoms with Crippen LogP contribution in [0.5, 0.6) is 0 Å². The molecule has 0 radical (unpaired) electrons. The predicted molar refractivity (Wildman–Crippen MR) is 70.5 cm³/mol. The van der Waals surface area contributed by atoms with E-state index in [9.17, 15) is 0 Å². The quantitative estimate of drug-likeness (QED) is 0.739.